The molecule has 0 spiro atoms. The van der Waals surface area contributed by atoms with Crippen LogP contribution in [0.2, 0.25) is 5.02 Å². The van der Waals surface area contributed by atoms with Gasteiger partial charge >= 0.3 is 0 Å². The molecule has 0 saturated carbocycles. The third-order valence-electron chi connectivity index (χ3n) is 6.75. The Morgan fingerprint density at radius 2 is 1.93 bits per heavy atom. The summed E-state index contributed by atoms with van der Waals surface area (Å²) in [7, 11) is 1.39. The van der Waals surface area contributed by atoms with E-state index in [1.807, 2.05) is 0 Å². The average molecular weight is 605 g/mol. The van der Waals surface area contributed by atoms with Gasteiger partial charge in [0, 0.05) is 47.7 Å². The van der Waals surface area contributed by atoms with Crippen LogP contribution in [0.1, 0.15) is 41.9 Å². The van der Waals surface area contributed by atoms with E-state index < -0.39 is 30.7 Å². The van der Waals surface area contributed by atoms with Crippen molar-refractivity contribution in [2.75, 3.05) is 33.5 Å². The van der Waals surface area contributed by atoms with Crippen molar-refractivity contribution in [1.29, 1.82) is 0 Å². The van der Waals surface area contributed by atoms with Crippen LogP contribution in [-0.2, 0) is 20.7 Å². The highest BCUT2D eigenvalue weighted by Gasteiger charge is 2.29. The molecule has 9 nitrogen and oxygen atoms in total. The van der Waals surface area contributed by atoms with Crippen LogP contribution < -0.4 is 15.0 Å². The second kappa shape index (κ2) is 14.5. The van der Waals surface area contributed by atoms with Crippen LogP contribution in [0.15, 0.2) is 53.6 Å². The molecule has 1 aromatic carbocycles. The average Bonchev–Trinajstić information content (AvgIpc) is 2.99. The van der Waals surface area contributed by atoms with Crippen molar-refractivity contribution in [3.63, 3.8) is 0 Å². The highest BCUT2D eigenvalue weighted by Crippen LogP contribution is 2.38. The Labute approximate surface area is 246 Å². The zero-order valence-electron chi connectivity index (χ0n) is 23.2. The largest absolute Gasteiger partial charge is 0.495 e. The second-order valence-corrected chi connectivity index (χ2v) is 10.1. The summed E-state index contributed by atoms with van der Waals surface area (Å²) in [4.78, 5) is 43.4. The molecule has 0 radical (unpaired) electrons. The summed E-state index contributed by atoms with van der Waals surface area (Å²) in [5, 5.41) is 0.295. The van der Waals surface area contributed by atoms with Gasteiger partial charge in [-0.15, -0.1) is 0 Å². The van der Waals surface area contributed by atoms with Crippen LogP contribution in [0.3, 0.4) is 0 Å². The SMILES string of the molecule is CCC(=O)c1ccc(CC(=O)C(CC2COCCO2)n2cc(OC)c(-c3cc(Cl)ccc3OCC(F)F)cc2=O)cn1. The summed E-state index contributed by atoms with van der Waals surface area (Å²) in [6, 6.07) is 7.94. The smallest absolute Gasteiger partial charge is 0.272 e. The zero-order chi connectivity index (χ0) is 30.2. The predicted molar refractivity (Wildman–Crippen MR) is 151 cm³/mol. The van der Waals surface area contributed by atoms with E-state index >= 15 is 0 Å². The molecule has 42 heavy (non-hydrogen) atoms. The number of carbonyl (C=O) groups is 2. The van der Waals surface area contributed by atoms with E-state index in [2.05, 4.69) is 4.98 Å². The fourth-order valence-corrected chi connectivity index (χ4v) is 4.82. The number of rotatable bonds is 13. The topological polar surface area (TPSA) is 106 Å². The lowest BCUT2D eigenvalue weighted by molar-refractivity contribution is -0.126. The highest BCUT2D eigenvalue weighted by atomic mass is 35.5. The number of carbonyl (C=O) groups excluding carboxylic acids is 2. The van der Waals surface area contributed by atoms with Gasteiger partial charge < -0.3 is 23.5 Å². The molecule has 4 rings (SSSR count). The molecule has 0 N–H and O–H groups in total. The Hall–Kier alpha value is -3.67. The van der Waals surface area contributed by atoms with E-state index in [1.54, 1.807) is 19.1 Å². The summed E-state index contributed by atoms with van der Waals surface area (Å²) < 4.78 is 49.2. The monoisotopic (exact) mass is 604 g/mol. The van der Waals surface area contributed by atoms with Crippen LogP contribution >= 0.6 is 11.6 Å². The van der Waals surface area contributed by atoms with Gasteiger partial charge in [-0.2, -0.15) is 0 Å². The first-order chi connectivity index (χ1) is 20.2. The predicted octanol–water partition coefficient (Wildman–Crippen LogP) is 4.97. The lowest BCUT2D eigenvalue weighted by atomic mass is 9.98. The van der Waals surface area contributed by atoms with Gasteiger partial charge in [0.15, 0.2) is 11.6 Å². The second-order valence-electron chi connectivity index (χ2n) is 9.63. The number of pyridine rings is 2. The van der Waals surface area contributed by atoms with Gasteiger partial charge in [0.1, 0.15) is 23.8 Å². The van der Waals surface area contributed by atoms with Crippen LogP contribution in [0.4, 0.5) is 8.78 Å². The van der Waals surface area contributed by atoms with Crippen molar-refractivity contribution in [2.24, 2.45) is 0 Å². The number of hydrogen-bond donors (Lipinski definition) is 0. The van der Waals surface area contributed by atoms with Gasteiger partial charge in [0.25, 0.3) is 12.0 Å². The van der Waals surface area contributed by atoms with Gasteiger partial charge in [0.2, 0.25) is 0 Å². The van der Waals surface area contributed by atoms with E-state index in [4.69, 9.17) is 30.5 Å². The number of Topliss-reactive ketones (excluding diaryl/α,β-unsaturated/α-hetero) is 2. The minimum Gasteiger partial charge on any atom is -0.495 e. The quantitative estimate of drug-likeness (QED) is 0.252. The Bertz CT molecular complexity index is 1460. The molecule has 2 aromatic heterocycles. The van der Waals surface area contributed by atoms with Crippen LogP contribution in [-0.4, -0.2) is 67.2 Å². The molecule has 0 aliphatic carbocycles. The van der Waals surface area contributed by atoms with E-state index in [-0.39, 0.29) is 53.6 Å². The minimum atomic E-state index is -2.71. The summed E-state index contributed by atoms with van der Waals surface area (Å²) in [5.41, 5.74) is 0.892. The van der Waals surface area contributed by atoms with Crippen molar-refractivity contribution < 1.29 is 37.3 Å². The lowest BCUT2D eigenvalue weighted by Crippen LogP contribution is -2.37. The van der Waals surface area contributed by atoms with Crippen molar-refractivity contribution in [3.05, 3.63) is 75.4 Å². The number of aromatic nitrogens is 2. The summed E-state index contributed by atoms with van der Waals surface area (Å²) in [6.45, 7) is 1.94. The standard InChI is InChI=1S/C30H31ClF2N2O7/c1-3-25(36)23-6-4-18(14-34-23)10-26(37)24(12-20-16-40-8-9-41-20)35-15-28(39-2)22(13-30(35)38)21-11-19(31)5-7-27(21)42-17-29(32)33/h4-7,11,13-15,20,24,29H,3,8-10,12,16-17H2,1-2H3. The molecule has 0 amide bonds. The number of methoxy groups -OCH3 is 1. The molecule has 1 aliphatic rings. The molecular formula is C30H31ClF2N2O7. The van der Waals surface area contributed by atoms with E-state index in [1.165, 1.54) is 48.3 Å². The normalized spacial score (nSPS) is 15.8. The van der Waals surface area contributed by atoms with Gasteiger partial charge in [0.05, 0.1) is 45.3 Å². The van der Waals surface area contributed by atoms with Crippen molar-refractivity contribution in [3.8, 4) is 22.6 Å². The Kier molecular flexibility index (Phi) is 10.8. The Balaban J connectivity index is 1.71. The van der Waals surface area contributed by atoms with Crippen molar-refractivity contribution in [1.82, 2.24) is 9.55 Å². The van der Waals surface area contributed by atoms with Gasteiger partial charge in [-0.25, -0.2) is 8.78 Å². The molecule has 12 heteroatoms. The van der Waals surface area contributed by atoms with Crippen molar-refractivity contribution in [2.45, 2.75) is 44.8 Å². The molecule has 3 heterocycles. The fraction of sp³-hybridized carbons (Fsp3) is 0.400. The lowest BCUT2D eigenvalue weighted by Gasteiger charge is -2.28. The zero-order valence-corrected chi connectivity index (χ0v) is 23.9. The summed E-state index contributed by atoms with van der Waals surface area (Å²) in [6.07, 6.45) is 0.151. The Morgan fingerprint density at radius 1 is 1.14 bits per heavy atom. The number of halogens is 3. The molecule has 2 atom stereocenters. The molecule has 0 bridgehead atoms. The number of alkyl halides is 2. The molecule has 224 valence electrons. The summed E-state index contributed by atoms with van der Waals surface area (Å²) in [5.74, 6) is -0.114. The Morgan fingerprint density at radius 3 is 2.57 bits per heavy atom. The van der Waals surface area contributed by atoms with Crippen LogP contribution in [0.5, 0.6) is 11.5 Å². The third kappa shape index (κ3) is 7.78. The number of ether oxygens (including phenoxy) is 4. The first-order valence-electron chi connectivity index (χ1n) is 13.4. The minimum absolute atomic E-state index is 0.0533. The molecule has 1 saturated heterocycles. The maximum atomic E-state index is 13.7. The van der Waals surface area contributed by atoms with E-state index in [0.717, 1.165) is 0 Å². The van der Waals surface area contributed by atoms with Gasteiger partial charge in [-0.05, 0) is 29.8 Å². The molecule has 3 aromatic rings. The number of nitrogens with zero attached hydrogens (tertiary/aromatic N) is 2. The van der Waals surface area contributed by atoms with Gasteiger partial charge in [-0.1, -0.05) is 24.6 Å². The van der Waals surface area contributed by atoms with Gasteiger partial charge in [-0.3, -0.25) is 19.4 Å². The van der Waals surface area contributed by atoms with E-state index in [9.17, 15) is 23.2 Å². The number of benzene rings is 1. The third-order valence-corrected chi connectivity index (χ3v) is 6.98. The first-order valence-corrected chi connectivity index (χ1v) is 13.8. The maximum absolute atomic E-state index is 13.7. The molecule has 1 aliphatic heterocycles. The van der Waals surface area contributed by atoms with Crippen LogP contribution in [0, 0.1) is 0 Å². The van der Waals surface area contributed by atoms with Crippen LogP contribution in [0.25, 0.3) is 11.1 Å². The highest BCUT2D eigenvalue weighted by molar-refractivity contribution is 6.31. The number of ketones is 2. The molecule has 2 unspecified atom stereocenters. The molecule has 1 fully saturated rings. The summed E-state index contributed by atoms with van der Waals surface area (Å²) >= 11 is 6.19. The number of hydrogen-bond acceptors (Lipinski definition) is 8. The molecular weight excluding hydrogens is 574 g/mol. The first kappa shape index (κ1) is 31.3. The van der Waals surface area contributed by atoms with E-state index in [0.29, 0.717) is 35.9 Å². The fourth-order valence-electron chi connectivity index (χ4n) is 4.65. The maximum Gasteiger partial charge on any atom is 0.272 e. The van der Waals surface area contributed by atoms with Crippen molar-refractivity contribution >= 4 is 23.2 Å².